The first kappa shape index (κ1) is 20.2. The average molecular weight is 418 g/mol. The Kier molecular flexibility index (Phi) is 5.15. The van der Waals surface area contributed by atoms with Gasteiger partial charge in [0.25, 0.3) is 5.91 Å². The van der Waals surface area contributed by atoms with Gasteiger partial charge in [-0.05, 0) is 32.0 Å². The van der Waals surface area contributed by atoms with Crippen molar-refractivity contribution >= 4 is 11.6 Å². The number of carbonyl (C=O) groups is 1. The first-order valence-corrected chi connectivity index (χ1v) is 9.48. The van der Waals surface area contributed by atoms with E-state index in [1.807, 2.05) is 6.92 Å². The number of fused-ring (bicyclic) bond motifs is 1. The highest BCUT2D eigenvalue weighted by atomic mass is 19.1. The summed E-state index contributed by atoms with van der Waals surface area (Å²) in [5.74, 6) is -1.70. The van der Waals surface area contributed by atoms with Crippen molar-refractivity contribution in [3.8, 4) is 5.75 Å². The van der Waals surface area contributed by atoms with Crippen LogP contribution in [0.5, 0.6) is 5.75 Å². The van der Waals surface area contributed by atoms with Crippen LogP contribution in [-0.2, 0) is 13.3 Å². The molecule has 0 bridgehead atoms. The van der Waals surface area contributed by atoms with Gasteiger partial charge in [-0.3, -0.25) is 9.20 Å². The highest BCUT2D eigenvalue weighted by Gasteiger charge is 2.37. The smallest absolute Gasteiger partial charge is 0.270 e. The molecule has 3 heterocycles. The summed E-state index contributed by atoms with van der Waals surface area (Å²) in [7, 11) is 0. The predicted octanol–water partition coefficient (Wildman–Crippen LogP) is 3.06. The molecule has 2 N–H and O–H groups in total. The lowest BCUT2D eigenvalue weighted by molar-refractivity contribution is 0.0943. The molecule has 1 unspecified atom stereocenters. The fourth-order valence-electron chi connectivity index (χ4n) is 3.19. The predicted molar refractivity (Wildman–Crippen MR) is 104 cm³/mol. The van der Waals surface area contributed by atoms with E-state index in [1.54, 1.807) is 6.92 Å². The summed E-state index contributed by atoms with van der Waals surface area (Å²) in [6.45, 7) is 3.70. The van der Waals surface area contributed by atoms with Crippen LogP contribution in [0.3, 0.4) is 0 Å². The van der Waals surface area contributed by atoms with Crippen molar-refractivity contribution in [3.63, 3.8) is 0 Å². The SMILES string of the molecule is Cc1nc2c(OCc3c(F)cccc3F)cc(CF)cn2c1C(=O)NCC1(C)CN1. The molecule has 1 saturated heterocycles. The quantitative estimate of drug-likeness (QED) is 0.578. The summed E-state index contributed by atoms with van der Waals surface area (Å²) in [4.78, 5) is 17.1. The Bertz CT molecular complexity index is 1100. The number of imidazole rings is 1. The fourth-order valence-corrected chi connectivity index (χ4v) is 3.19. The molecule has 1 amide bonds. The number of benzene rings is 1. The van der Waals surface area contributed by atoms with Crippen LogP contribution in [0, 0.1) is 18.6 Å². The number of nitrogens with zero attached hydrogens (tertiary/aromatic N) is 2. The Balaban J connectivity index is 1.67. The minimum Gasteiger partial charge on any atom is -0.485 e. The minimum atomic E-state index is -0.805. The molecule has 3 aromatic rings. The number of halogens is 3. The molecule has 1 atom stereocenters. The molecule has 0 radical (unpaired) electrons. The normalized spacial score (nSPS) is 17.9. The van der Waals surface area contributed by atoms with Crippen molar-refractivity contribution in [2.75, 3.05) is 13.1 Å². The van der Waals surface area contributed by atoms with Crippen LogP contribution < -0.4 is 15.4 Å². The summed E-state index contributed by atoms with van der Waals surface area (Å²) >= 11 is 0. The number of aromatic nitrogens is 2. The molecule has 1 fully saturated rings. The third kappa shape index (κ3) is 3.85. The highest BCUT2D eigenvalue weighted by Crippen LogP contribution is 2.27. The van der Waals surface area contributed by atoms with Crippen LogP contribution >= 0.6 is 0 Å². The van der Waals surface area contributed by atoms with Crippen LogP contribution in [0.15, 0.2) is 30.5 Å². The molecular formula is C21H21F3N4O2. The number of nitrogens with one attached hydrogen (secondary N) is 2. The third-order valence-corrected chi connectivity index (χ3v) is 5.14. The van der Waals surface area contributed by atoms with E-state index < -0.39 is 24.9 Å². The number of pyridine rings is 1. The first-order chi connectivity index (χ1) is 14.3. The van der Waals surface area contributed by atoms with Gasteiger partial charge in [-0.1, -0.05) is 6.07 Å². The zero-order chi connectivity index (χ0) is 21.5. The lowest BCUT2D eigenvalue weighted by Gasteiger charge is -2.12. The van der Waals surface area contributed by atoms with Crippen LogP contribution in [0.2, 0.25) is 0 Å². The van der Waals surface area contributed by atoms with Gasteiger partial charge in [0.2, 0.25) is 0 Å². The van der Waals surface area contributed by atoms with Gasteiger partial charge >= 0.3 is 0 Å². The molecule has 6 nitrogen and oxygen atoms in total. The molecular weight excluding hydrogens is 397 g/mol. The molecule has 0 spiro atoms. The Labute approximate surface area is 171 Å². The molecule has 1 aliphatic rings. The van der Waals surface area contributed by atoms with E-state index >= 15 is 0 Å². The number of ether oxygens (including phenoxy) is 1. The number of hydrogen-bond donors (Lipinski definition) is 2. The maximum Gasteiger partial charge on any atom is 0.270 e. The second kappa shape index (κ2) is 7.64. The van der Waals surface area contributed by atoms with Crippen LogP contribution in [0.4, 0.5) is 13.2 Å². The van der Waals surface area contributed by atoms with Gasteiger partial charge in [0.1, 0.15) is 30.6 Å². The largest absolute Gasteiger partial charge is 0.485 e. The number of alkyl halides is 1. The average Bonchev–Trinajstić information content (AvgIpc) is 3.35. The highest BCUT2D eigenvalue weighted by molar-refractivity contribution is 5.95. The summed E-state index contributed by atoms with van der Waals surface area (Å²) in [5.41, 5.74) is 0.835. The van der Waals surface area contributed by atoms with Gasteiger partial charge in [-0.15, -0.1) is 0 Å². The lowest BCUT2D eigenvalue weighted by atomic mass is 10.2. The molecule has 4 rings (SSSR count). The summed E-state index contributed by atoms with van der Waals surface area (Å²) in [6.07, 6.45) is 1.47. The van der Waals surface area contributed by atoms with E-state index in [2.05, 4.69) is 15.6 Å². The number of rotatable bonds is 7. The maximum absolute atomic E-state index is 13.9. The summed E-state index contributed by atoms with van der Waals surface area (Å²) < 4.78 is 48.4. The number of carbonyl (C=O) groups excluding carboxylic acids is 1. The van der Waals surface area contributed by atoms with Crippen molar-refractivity contribution in [3.05, 3.63) is 64.6 Å². The fraction of sp³-hybridized carbons (Fsp3) is 0.333. The van der Waals surface area contributed by atoms with E-state index in [9.17, 15) is 18.0 Å². The maximum atomic E-state index is 13.9. The second-order valence-corrected chi connectivity index (χ2v) is 7.67. The van der Waals surface area contributed by atoms with E-state index in [0.29, 0.717) is 12.2 Å². The van der Waals surface area contributed by atoms with Crippen molar-refractivity contribution < 1.29 is 22.7 Å². The summed E-state index contributed by atoms with van der Waals surface area (Å²) in [6, 6.07) is 4.94. The topological polar surface area (TPSA) is 77.6 Å². The summed E-state index contributed by atoms with van der Waals surface area (Å²) in [5, 5.41) is 6.02. The molecule has 1 aliphatic heterocycles. The standard InChI is InChI=1S/C21H21F3N4O2/c1-12-18(20(29)25-10-21(2)11-26-21)28-8-13(7-22)6-17(19(28)27-12)30-9-14-15(23)4-3-5-16(14)24/h3-6,8,26H,7,9-11H2,1-2H3,(H,25,29). The minimum absolute atomic E-state index is 0.119. The molecule has 0 aliphatic carbocycles. The zero-order valence-corrected chi connectivity index (χ0v) is 16.6. The molecule has 0 saturated carbocycles. The van der Waals surface area contributed by atoms with Gasteiger partial charge in [0.15, 0.2) is 11.4 Å². The third-order valence-electron chi connectivity index (χ3n) is 5.14. The number of aryl methyl sites for hydroxylation is 1. The molecule has 9 heteroatoms. The first-order valence-electron chi connectivity index (χ1n) is 9.48. The zero-order valence-electron chi connectivity index (χ0n) is 16.6. The van der Waals surface area contributed by atoms with Gasteiger partial charge < -0.3 is 15.4 Å². The van der Waals surface area contributed by atoms with Crippen molar-refractivity contribution in [1.82, 2.24) is 20.0 Å². The van der Waals surface area contributed by atoms with Crippen molar-refractivity contribution in [1.29, 1.82) is 0 Å². The van der Waals surface area contributed by atoms with Crippen molar-refractivity contribution in [2.45, 2.75) is 32.7 Å². The van der Waals surface area contributed by atoms with E-state index in [1.165, 1.54) is 22.7 Å². The van der Waals surface area contributed by atoms with Crippen LogP contribution in [-0.4, -0.2) is 33.9 Å². The number of hydrogen-bond acceptors (Lipinski definition) is 4. The molecule has 2 aromatic heterocycles. The Hall–Kier alpha value is -3.07. The van der Waals surface area contributed by atoms with Gasteiger partial charge in [-0.2, -0.15) is 0 Å². The second-order valence-electron chi connectivity index (χ2n) is 7.67. The Morgan fingerprint density at radius 2 is 2.07 bits per heavy atom. The van der Waals surface area contributed by atoms with Crippen LogP contribution in [0.25, 0.3) is 5.65 Å². The van der Waals surface area contributed by atoms with Gasteiger partial charge in [0, 0.05) is 30.4 Å². The van der Waals surface area contributed by atoms with Crippen molar-refractivity contribution in [2.24, 2.45) is 0 Å². The molecule has 1 aromatic carbocycles. The van der Waals surface area contributed by atoms with Gasteiger partial charge in [-0.25, -0.2) is 18.2 Å². The van der Waals surface area contributed by atoms with Gasteiger partial charge in [0.05, 0.1) is 11.3 Å². The van der Waals surface area contributed by atoms with E-state index in [0.717, 1.165) is 18.7 Å². The molecule has 158 valence electrons. The number of amides is 1. The van der Waals surface area contributed by atoms with Crippen LogP contribution in [0.1, 0.15) is 34.2 Å². The Morgan fingerprint density at radius 3 is 2.70 bits per heavy atom. The lowest BCUT2D eigenvalue weighted by Crippen LogP contribution is -2.35. The van der Waals surface area contributed by atoms with E-state index in [-0.39, 0.29) is 39.7 Å². The van der Waals surface area contributed by atoms with E-state index in [4.69, 9.17) is 4.74 Å². The monoisotopic (exact) mass is 418 g/mol. The molecule has 30 heavy (non-hydrogen) atoms. The Morgan fingerprint density at radius 1 is 1.37 bits per heavy atom.